The smallest absolute Gasteiger partial charge is 0.262 e. The van der Waals surface area contributed by atoms with Crippen LogP contribution in [0.25, 0.3) is 0 Å². The van der Waals surface area contributed by atoms with Crippen LogP contribution in [0.1, 0.15) is 43.4 Å². The molecule has 5 nitrogen and oxygen atoms in total. The van der Waals surface area contributed by atoms with Gasteiger partial charge in [-0.15, -0.1) is 0 Å². The van der Waals surface area contributed by atoms with Gasteiger partial charge in [-0.05, 0) is 28.8 Å². The van der Waals surface area contributed by atoms with Crippen LogP contribution in [0.2, 0.25) is 0 Å². The highest BCUT2D eigenvalue weighted by Crippen LogP contribution is 2.32. The molecule has 29 heavy (non-hydrogen) atoms. The Morgan fingerprint density at radius 2 is 1.45 bits per heavy atom. The van der Waals surface area contributed by atoms with Gasteiger partial charge >= 0.3 is 0 Å². The van der Waals surface area contributed by atoms with E-state index in [0.717, 1.165) is 11.1 Å². The van der Waals surface area contributed by atoms with Gasteiger partial charge in [0.25, 0.3) is 11.8 Å². The summed E-state index contributed by atoms with van der Waals surface area (Å²) >= 11 is 0. The Morgan fingerprint density at radius 3 is 2.14 bits per heavy atom. The number of aliphatic hydroxyl groups is 1. The van der Waals surface area contributed by atoms with Crippen molar-refractivity contribution in [2.24, 2.45) is 0 Å². The van der Waals surface area contributed by atoms with Crippen LogP contribution in [-0.2, 0) is 18.0 Å². The topological polar surface area (TPSA) is 66.8 Å². The van der Waals surface area contributed by atoms with E-state index in [1.807, 2.05) is 60.7 Å². The van der Waals surface area contributed by atoms with Gasteiger partial charge in [-0.2, -0.15) is 0 Å². The monoisotopic (exact) mass is 387 g/mol. The minimum Gasteiger partial charge on any atom is -0.392 e. The minimum absolute atomic E-state index is 0.183. The Hall–Kier alpha value is -3.28. The van der Waals surface area contributed by atoms with E-state index in [4.69, 9.17) is 4.74 Å². The highest BCUT2D eigenvalue weighted by atomic mass is 16.5. The number of imide groups is 1. The van der Waals surface area contributed by atoms with Gasteiger partial charge in [0.2, 0.25) is 0 Å². The summed E-state index contributed by atoms with van der Waals surface area (Å²) in [5, 5.41) is 9.37. The van der Waals surface area contributed by atoms with Crippen molar-refractivity contribution in [3.63, 3.8) is 0 Å². The number of hydrogen-bond donors (Lipinski definition) is 1. The van der Waals surface area contributed by atoms with Crippen molar-refractivity contribution >= 4 is 11.8 Å². The van der Waals surface area contributed by atoms with Gasteiger partial charge in [-0.1, -0.05) is 66.7 Å². The number of rotatable bonds is 7. The van der Waals surface area contributed by atoms with Crippen molar-refractivity contribution in [3.05, 3.63) is 107 Å². The van der Waals surface area contributed by atoms with Gasteiger partial charge in [0, 0.05) is 0 Å². The molecule has 146 valence electrons. The molecule has 3 aromatic rings. The van der Waals surface area contributed by atoms with Crippen LogP contribution in [0.15, 0.2) is 78.9 Å². The number of carbonyl (C=O) groups excluding carboxylic acids is 2. The lowest BCUT2D eigenvalue weighted by atomic mass is 10.1. The first-order valence-electron chi connectivity index (χ1n) is 9.47. The van der Waals surface area contributed by atoms with Crippen molar-refractivity contribution in [3.8, 4) is 0 Å². The quantitative estimate of drug-likeness (QED) is 0.628. The van der Waals surface area contributed by atoms with E-state index in [1.165, 1.54) is 4.90 Å². The molecule has 0 aliphatic carbocycles. The number of aliphatic hydroxyl groups excluding tert-OH is 1. The van der Waals surface area contributed by atoms with Crippen molar-refractivity contribution in [2.45, 2.75) is 19.3 Å². The summed E-state index contributed by atoms with van der Waals surface area (Å²) in [6.07, 6.45) is 0. The van der Waals surface area contributed by atoms with Crippen molar-refractivity contribution in [2.75, 3.05) is 6.61 Å². The Labute approximate surface area is 169 Å². The molecule has 0 unspecified atom stereocenters. The van der Waals surface area contributed by atoms with E-state index >= 15 is 0 Å². The molecule has 0 saturated carbocycles. The number of fused-ring (bicyclic) bond motifs is 1. The first kappa shape index (κ1) is 19.1. The molecule has 1 N–H and O–H groups in total. The van der Waals surface area contributed by atoms with Gasteiger partial charge in [-0.3, -0.25) is 14.5 Å². The largest absolute Gasteiger partial charge is 0.392 e. The zero-order valence-electron chi connectivity index (χ0n) is 15.8. The van der Waals surface area contributed by atoms with Gasteiger partial charge in [0.15, 0.2) is 0 Å². The van der Waals surface area contributed by atoms with E-state index in [9.17, 15) is 14.7 Å². The summed E-state index contributed by atoms with van der Waals surface area (Å²) < 4.78 is 5.90. The minimum atomic E-state index is -0.537. The third kappa shape index (κ3) is 3.83. The molecular weight excluding hydrogens is 366 g/mol. The van der Waals surface area contributed by atoms with Crippen LogP contribution in [0.5, 0.6) is 0 Å². The molecule has 1 aliphatic heterocycles. The lowest BCUT2D eigenvalue weighted by molar-refractivity contribution is 0.0359. The van der Waals surface area contributed by atoms with Gasteiger partial charge in [0.1, 0.15) is 0 Å². The Bertz CT molecular complexity index is 1020. The SMILES string of the molecule is O=C1c2ccc(CO)cc2C(=O)N1[C@H](COCc1ccccc1)c1ccccc1. The molecule has 1 heterocycles. The maximum absolute atomic E-state index is 13.1. The number of ether oxygens (including phenoxy) is 1. The van der Waals surface area contributed by atoms with Crippen molar-refractivity contribution in [1.29, 1.82) is 0 Å². The fraction of sp³-hybridized carbons (Fsp3) is 0.167. The van der Waals surface area contributed by atoms with Gasteiger partial charge in [-0.25, -0.2) is 0 Å². The molecule has 0 bridgehead atoms. The average molecular weight is 387 g/mol. The third-order valence-electron chi connectivity index (χ3n) is 5.05. The molecule has 4 rings (SSSR count). The zero-order chi connectivity index (χ0) is 20.2. The normalized spacial score (nSPS) is 14.2. The molecular formula is C24H21NO4. The summed E-state index contributed by atoms with van der Waals surface area (Å²) in [4.78, 5) is 27.4. The predicted molar refractivity (Wildman–Crippen MR) is 108 cm³/mol. The fourth-order valence-corrected chi connectivity index (χ4v) is 3.55. The van der Waals surface area contributed by atoms with E-state index in [1.54, 1.807) is 18.2 Å². The predicted octanol–water partition coefficient (Wildman–Crippen LogP) is 3.73. The van der Waals surface area contributed by atoms with Gasteiger partial charge in [0.05, 0.1) is 37.0 Å². The molecule has 0 radical (unpaired) electrons. The number of carbonyl (C=O) groups is 2. The third-order valence-corrected chi connectivity index (χ3v) is 5.05. The van der Waals surface area contributed by atoms with Crippen LogP contribution in [-0.4, -0.2) is 28.4 Å². The molecule has 0 spiro atoms. The first-order chi connectivity index (χ1) is 14.2. The molecule has 0 aromatic heterocycles. The summed E-state index contributed by atoms with van der Waals surface area (Å²) in [5.41, 5.74) is 3.14. The van der Waals surface area contributed by atoms with E-state index in [-0.39, 0.29) is 25.0 Å². The van der Waals surface area contributed by atoms with Crippen LogP contribution in [0.3, 0.4) is 0 Å². The number of hydrogen-bond acceptors (Lipinski definition) is 4. The highest BCUT2D eigenvalue weighted by Gasteiger charge is 2.40. The van der Waals surface area contributed by atoms with Crippen LogP contribution in [0.4, 0.5) is 0 Å². The van der Waals surface area contributed by atoms with Crippen LogP contribution < -0.4 is 0 Å². The van der Waals surface area contributed by atoms with E-state index < -0.39 is 6.04 Å². The molecule has 5 heteroatoms. The van der Waals surface area contributed by atoms with Crippen LogP contribution >= 0.6 is 0 Å². The Balaban J connectivity index is 1.61. The summed E-state index contributed by atoms with van der Waals surface area (Å²) in [5.74, 6) is -0.705. The van der Waals surface area contributed by atoms with E-state index in [2.05, 4.69) is 0 Å². The van der Waals surface area contributed by atoms with Crippen molar-refractivity contribution in [1.82, 2.24) is 4.90 Å². The fourth-order valence-electron chi connectivity index (χ4n) is 3.55. The highest BCUT2D eigenvalue weighted by molar-refractivity contribution is 6.21. The lowest BCUT2D eigenvalue weighted by Crippen LogP contribution is -2.36. The molecule has 1 aliphatic rings. The molecule has 3 aromatic carbocycles. The van der Waals surface area contributed by atoms with Gasteiger partial charge < -0.3 is 9.84 Å². The van der Waals surface area contributed by atoms with Crippen molar-refractivity contribution < 1.29 is 19.4 Å². The second-order valence-corrected chi connectivity index (χ2v) is 6.95. The Kier molecular flexibility index (Phi) is 5.51. The summed E-state index contributed by atoms with van der Waals surface area (Å²) in [6, 6.07) is 23.5. The summed E-state index contributed by atoms with van der Waals surface area (Å²) in [6.45, 7) is 0.399. The maximum Gasteiger partial charge on any atom is 0.262 e. The second kappa shape index (κ2) is 8.39. The Morgan fingerprint density at radius 1 is 0.793 bits per heavy atom. The maximum atomic E-state index is 13.1. The first-order valence-corrected chi connectivity index (χ1v) is 9.47. The summed E-state index contributed by atoms with van der Waals surface area (Å²) in [7, 11) is 0. The molecule has 0 saturated heterocycles. The molecule has 1 atom stereocenters. The number of amides is 2. The van der Waals surface area contributed by atoms with E-state index in [0.29, 0.717) is 23.3 Å². The standard InChI is InChI=1S/C24H21NO4/c26-14-18-11-12-20-21(13-18)24(28)25(23(20)27)22(19-9-5-2-6-10-19)16-29-15-17-7-3-1-4-8-17/h1-13,22,26H,14-16H2/t22-/m1/s1. The number of nitrogens with zero attached hydrogens (tertiary/aromatic N) is 1. The molecule has 2 amide bonds. The second-order valence-electron chi connectivity index (χ2n) is 6.95. The molecule has 0 fully saturated rings. The van der Waals surface area contributed by atoms with Crippen LogP contribution in [0, 0.1) is 0 Å². The lowest BCUT2D eigenvalue weighted by Gasteiger charge is -2.26. The number of benzene rings is 3. The average Bonchev–Trinajstić information content (AvgIpc) is 3.02. The zero-order valence-corrected chi connectivity index (χ0v) is 15.8.